The Morgan fingerprint density at radius 3 is 2.33 bits per heavy atom. The molecular formula is C25H31ClN4O3. The zero-order valence-corrected chi connectivity index (χ0v) is 20.1. The third-order valence-electron chi connectivity index (χ3n) is 6.04. The highest BCUT2D eigenvalue weighted by atomic mass is 35.5. The van der Waals surface area contributed by atoms with Crippen molar-refractivity contribution in [2.24, 2.45) is 0 Å². The highest BCUT2D eigenvalue weighted by Crippen LogP contribution is 2.19. The fraction of sp³-hybridized carbons (Fsp3) is 0.400. The molecule has 1 N–H and O–H groups in total. The van der Waals surface area contributed by atoms with Gasteiger partial charge in [-0.1, -0.05) is 48.9 Å². The van der Waals surface area contributed by atoms with Crippen LogP contribution in [0.2, 0.25) is 5.02 Å². The minimum atomic E-state index is -0.386. The van der Waals surface area contributed by atoms with E-state index in [-0.39, 0.29) is 30.3 Å². The molecule has 8 heteroatoms. The van der Waals surface area contributed by atoms with Crippen LogP contribution in [0.5, 0.6) is 0 Å². The van der Waals surface area contributed by atoms with E-state index in [0.29, 0.717) is 36.8 Å². The van der Waals surface area contributed by atoms with Gasteiger partial charge in [0.25, 0.3) is 5.91 Å². The molecule has 3 amide bonds. The van der Waals surface area contributed by atoms with Gasteiger partial charge < -0.3 is 15.1 Å². The van der Waals surface area contributed by atoms with Gasteiger partial charge in [-0.15, -0.1) is 0 Å². The van der Waals surface area contributed by atoms with Gasteiger partial charge in [0.1, 0.15) is 0 Å². The molecule has 176 valence electrons. The van der Waals surface area contributed by atoms with Crippen molar-refractivity contribution in [2.75, 3.05) is 45.1 Å². The van der Waals surface area contributed by atoms with Gasteiger partial charge in [-0.2, -0.15) is 0 Å². The molecule has 0 saturated carbocycles. The number of hydrogen-bond acceptors (Lipinski definition) is 4. The van der Waals surface area contributed by atoms with Gasteiger partial charge in [-0.05, 0) is 37.1 Å². The van der Waals surface area contributed by atoms with E-state index in [1.807, 2.05) is 43.0 Å². The summed E-state index contributed by atoms with van der Waals surface area (Å²) in [7, 11) is 1.64. The number of carbonyl (C=O) groups excluding carboxylic acids is 3. The van der Waals surface area contributed by atoms with Gasteiger partial charge in [0.15, 0.2) is 0 Å². The fourth-order valence-electron chi connectivity index (χ4n) is 4.03. The Hall–Kier alpha value is -2.90. The number of anilines is 1. The first-order valence-corrected chi connectivity index (χ1v) is 11.6. The summed E-state index contributed by atoms with van der Waals surface area (Å²) < 4.78 is 0. The lowest BCUT2D eigenvalue weighted by Gasteiger charge is -2.38. The second kappa shape index (κ2) is 11.3. The first-order chi connectivity index (χ1) is 15.8. The number of nitrogens with zero attached hydrogens (tertiary/aromatic N) is 3. The van der Waals surface area contributed by atoms with Crippen molar-refractivity contribution >= 4 is 35.0 Å². The van der Waals surface area contributed by atoms with Crippen molar-refractivity contribution in [2.45, 2.75) is 26.3 Å². The summed E-state index contributed by atoms with van der Waals surface area (Å²) in [6.45, 7) is 6.03. The Labute approximate surface area is 200 Å². The molecule has 2 aromatic rings. The van der Waals surface area contributed by atoms with Gasteiger partial charge >= 0.3 is 0 Å². The molecule has 1 atom stereocenters. The average Bonchev–Trinajstić information content (AvgIpc) is 2.83. The normalized spacial score (nSPS) is 15.1. The van der Waals surface area contributed by atoms with Crippen LogP contribution in [-0.2, 0) is 16.0 Å². The van der Waals surface area contributed by atoms with Gasteiger partial charge in [0.2, 0.25) is 11.8 Å². The monoisotopic (exact) mass is 470 g/mol. The van der Waals surface area contributed by atoms with E-state index < -0.39 is 0 Å². The molecule has 0 spiro atoms. The zero-order valence-electron chi connectivity index (χ0n) is 19.4. The minimum Gasteiger partial charge on any atom is -0.336 e. The van der Waals surface area contributed by atoms with Crippen LogP contribution in [0.4, 0.5) is 5.69 Å². The topological polar surface area (TPSA) is 73.0 Å². The predicted octanol–water partition coefficient (Wildman–Crippen LogP) is 3.15. The van der Waals surface area contributed by atoms with Crippen LogP contribution in [0.25, 0.3) is 0 Å². The van der Waals surface area contributed by atoms with E-state index in [1.54, 1.807) is 36.2 Å². The van der Waals surface area contributed by atoms with Gasteiger partial charge in [0.05, 0.1) is 23.2 Å². The first kappa shape index (κ1) is 24.7. The lowest BCUT2D eigenvalue weighted by atomic mass is 10.1. The highest BCUT2D eigenvalue weighted by molar-refractivity contribution is 6.33. The van der Waals surface area contributed by atoms with E-state index in [2.05, 4.69) is 5.32 Å². The number of amides is 3. The predicted molar refractivity (Wildman–Crippen MR) is 130 cm³/mol. The second-order valence-corrected chi connectivity index (χ2v) is 8.64. The standard InChI is InChI=1S/C25H31ClN4O3/c1-4-19-9-5-8-12-22(19)27-23(31)17-28(3)24(32)18(2)29-13-15-30(16-14-29)25(33)20-10-6-7-11-21(20)26/h5-12,18H,4,13-17H2,1-3H3,(H,27,31). The van der Waals surface area contributed by atoms with E-state index in [9.17, 15) is 14.4 Å². The molecule has 2 aromatic carbocycles. The number of halogens is 1. The van der Waals surface area contributed by atoms with Crippen molar-refractivity contribution < 1.29 is 14.4 Å². The molecule has 1 saturated heterocycles. The lowest BCUT2D eigenvalue weighted by molar-refractivity contribution is -0.138. The smallest absolute Gasteiger partial charge is 0.255 e. The third kappa shape index (κ3) is 6.12. The lowest BCUT2D eigenvalue weighted by Crippen LogP contribution is -2.55. The van der Waals surface area contributed by atoms with Crippen molar-refractivity contribution in [1.29, 1.82) is 0 Å². The number of nitrogens with one attached hydrogen (secondary N) is 1. The minimum absolute atomic E-state index is 0.0216. The fourth-order valence-corrected chi connectivity index (χ4v) is 4.24. The Morgan fingerprint density at radius 1 is 1.03 bits per heavy atom. The van der Waals surface area contributed by atoms with E-state index >= 15 is 0 Å². The summed E-state index contributed by atoms with van der Waals surface area (Å²) in [5.74, 6) is -0.450. The van der Waals surface area contributed by atoms with Crippen molar-refractivity contribution in [3.8, 4) is 0 Å². The van der Waals surface area contributed by atoms with E-state index in [1.165, 1.54) is 4.90 Å². The molecule has 0 aliphatic carbocycles. The number of benzene rings is 2. The Morgan fingerprint density at radius 2 is 1.67 bits per heavy atom. The van der Waals surface area contributed by atoms with Crippen LogP contribution in [0.3, 0.4) is 0 Å². The maximum atomic E-state index is 12.9. The number of hydrogen-bond donors (Lipinski definition) is 1. The van der Waals surface area contributed by atoms with Crippen LogP contribution in [0.15, 0.2) is 48.5 Å². The SMILES string of the molecule is CCc1ccccc1NC(=O)CN(C)C(=O)C(C)N1CCN(C(=O)c2ccccc2Cl)CC1. The molecule has 0 radical (unpaired) electrons. The van der Waals surface area contributed by atoms with Crippen LogP contribution in [-0.4, -0.2) is 78.2 Å². The number of piperazine rings is 1. The first-order valence-electron chi connectivity index (χ1n) is 11.2. The molecule has 1 heterocycles. The second-order valence-electron chi connectivity index (χ2n) is 8.24. The molecule has 33 heavy (non-hydrogen) atoms. The summed E-state index contributed by atoms with van der Waals surface area (Å²) in [5, 5.41) is 3.34. The molecule has 0 aromatic heterocycles. The quantitative estimate of drug-likeness (QED) is 0.674. The summed E-state index contributed by atoms with van der Waals surface area (Å²) in [6.07, 6.45) is 0.813. The van der Waals surface area contributed by atoms with Crippen LogP contribution >= 0.6 is 11.6 Å². The number of rotatable bonds is 7. The molecule has 1 unspecified atom stereocenters. The number of likely N-dealkylation sites (N-methyl/N-ethyl adjacent to an activating group) is 1. The summed E-state index contributed by atoms with van der Waals surface area (Å²) in [5.41, 5.74) is 2.32. The van der Waals surface area contributed by atoms with Crippen LogP contribution < -0.4 is 5.32 Å². The summed E-state index contributed by atoms with van der Waals surface area (Å²) in [6, 6.07) is 14.3. The van der Waals surface area contributed by atoms with Crippen molar-refractivity contribution in [1.82, 2.24) is 14.7 Å². The Balaban J connectivity index is 1.51. The number of carbonyl (C=O) groups is 3. The molecule has 3 rings (SSSR count). The largest absolute Gasteiger partial charge is 0.336 e. The highest BCUT2D eigenvalue weighted by Gasteiger charge is 2.30. The summed E-state index contributed by atoms with van der Waals surface area (Å²) in [4.78, 5) is 43.5. The molecule has 7 nitrogen and oxygen atoms in total. The molecule has 1 aliphatic heterocycles. The molecule has 1 fully saturated rings. The maximum absolute atomic E-state index is 12.9. The van der Waals surface area contributed by atoms with Gasteiger partial charge in [-0.25, -0.2) is 0 Å². The molecule has 1 aliphatic rings. The van der Waals surface area contributed by atoms with E-state index in [4.69, 9.17) is 11.6 Å². The van der Waals surface area contributed by atoms with Crippen molar-refractivity contribution in [3.63, 3.8) is 0 Å². The number of para-hydroxylation sites is 1. The summed E-state index contributed by atoms with van der Waals surface area (Å²) >= 11 is 6.16. The number of aryl methyl sites for hydroxylation is 1. The van der Waals surface area contributed by atoms with Crippen LogP contribution in [0, 0.1) is 0 Å². The van der Waals surface area contributed by atoms with Crippen molar-refractivity contribution in [3.05, 3.63) is 64.7 Å². The van der Waals surface area contributed by atoms with Gasteiger partial charge in [0, 0.05) is 38.9 Å². The maximum Gasteiger partial charge on any atom is 0.255 e. The van der Waals surface area contributed by atoms with E-state index in [0.717, 1.165) is 17.7 Å². The van der Waals surface area contributed by atoms with Gasteiger partial charge in [-0.3, -0.25) is 19.3 Å². The zero-order chi connectivity index (χ0) is 24.0. The molecule has 0 bridgehead atoms. The third-order valence-corrected chi connectivity index (χ3v) is 6.37. The Kier molecular flexibility index (Phi) is 8.47. The molecular weight excluding hydrogens is 440 g/mol. The Bertz CT molecular complexity index is 1000. The van der Waals surface area contributed by atoms with Crippen LogP contribution in [0.1, 0.15) is 29.8 Å². The average molecular weight is 471 g/mol.